The number of hydrogen-bond acceptors (Lipinski definition) is 2. The van der Waals surface area contributed by atoms with Crippen LogP contribution in [0.1, 0.15) is 12.5 Å². The Morgan fingerprint density at radius 2 is 1.14 bits per heavy atom. The Labute approximate surface area is 165 Å². The molecule has 146 valence electrons. The maximum atomic E-state index is 10.5. The number of hydrogen-bond donors (Lipinski definition) is 0. The van der Waals surface area contributed by atoms with Crippen LogP contribution in [0.3, 0.4) is 0 Å². The number of carbonyl (C=O) groups excluding carboxylic acids is 1. The van der Waals surface area contributed by atoms with E-state index in [4.69, 9.17) is 9.90 Å². The molecule has 6 heteroatoms. The Balaban J connectivity index is 0.000000345. The van der Waals surface area contributed by atoms with Gasteiger partial charge < -0.3 is 9.90 Å². The molecular formula is C22H19F3O2S. The minimum absolute atomic E-state index is 0.0249. The molecule has 0 fully saturated rings. The monoisotopic (exact) mass is 404 g/mol. The largest absolute Gasteiger partial charge is 0.542 e. The summed E-state index contributed by atoms with van der Waals surface area (Å²) >= 11 is 0. The van der Waals surface area contributed by atoms with Gasteiger partial charge in [-0.05, 0) is 48.4 Å². The zero-order chi connectivity index (χ0) is 20.6. The molecule has 3 aromatic carbocycles. The average molecular weight is 404 g/mol. The Morgan fingerprint density at radius 3 is 1.46 bits per heavy atom. The summed E-state index contributed by atoms with van der Waals surface area (Å²) in [6.45, 7) is 2.20. The molecule has 0 aromatic heterocycles. The number of alkyl halides is 3. The highest BCUT2D eigenvalue weighted by atomic mass is 32.2. The second-order valence-electron chi connectivity index (χ2n) is 5.72. The van der Waals surface area contributed by atoms with Gasteiger partial charge in [0.2, 0.25) is 0 Å². The summed E-state index contributed by atoms with van der Waals surface area (Å²) < 4.78 is 31.5. The number of halogens is 3. The van der Waals surface area contributed by atoms with Gasteiger partial charge in [-0.25, -0.2) is 0 Å². The second kappa shape index (κ2) is 9.99. The lowest BCUT2D eigenvalue weighted by Crippen LogP contribution is -2.37. The summed E-state index contributed by atoms with van der Waals surface area (Å²) in [5.41, 5.74) is 1.39. The standard InChI is InChI=1S/C20H19S.C2HF3O2/c1-2-17-13-15-20(16-14-17)21(18-9-5-3-6-10-18)19-11-7-4-8-12-19;3-2(4,5)1(6)7/h3-16H,2H2,1H3;(H,6,7)/q+1;/p-1. The SMILES string of the molecule is CCc1ccc([S+](c2ccccc2)c2ccccc2)cc1.O=C([O-])C(F)(F)F. The molecule has 0 saturated carbocycles. The molecule has 28 heavy (non-hydrogen) atoms. The van der Waals surface area contributed by atoms with Gasteiger partial charge in [0.05, 0.1) is 10.9 Å². The number of carboxylic acid groups (broad SMARTS) is 1. The zero-order valence-electron chi connectivity index (χ0n) is 15.1. The van der Waals surface area contributed by atoms with Crippen LogP contribution in [0.4, 0.5) is 13.2 Å². The minimum Gasteiger partial charge on any atom is -0.542 e. The summed E-state index contributed by atoms with van der Waals surface area (Å²) in [4.78, 5) is 12.9. The predicted octanol–water partition coefficient (Wildman–Crippen LogP) is 4.64. The Kier molecular flexibility index (Phi) is 7.70. The molecule has 0 spiro atoms. The van der Waals surface area contributed by atoms with Crippen molar-refractivity contribution in [2.24, 2.45) is 0 Å². The molecule has 3 aromatic rings. The molecular weight excluding hydrogens is 385 g/mol. The van der Waals surface area contributed by atoms with Gasteiger partial charge in [-0.3, -0.25) is 0 Å². The van der Waals surface area contributed by atoms with E-state index >= 15 is 0 Å². The van der Waals surface area contributed by atoms with Gasteiger partial charge in [0.25, 0.3) is 0 Å². The van der Waals surface area contributed by atoms with Crippen LogP contribution in [0, 0.1) is 0 Å². The topological polar surface area (TPSA) is 40.1 Å². The van der Waals surface area contributed by atoms with Gasteiger partial charge in [0.15, 0.2) is 14.7 Å². The second-order valence-corrected chi connectivity index (χ2v) is 7.74. The fraction of sp³-hybridized carbons (Fsp3) is 0.136. The predicted molar refractivity (Wildman–Crippen MR) is 102 cm³/mol. The summed E-state index contributed by atoms with van der Waals surface area (Å²) in [6, 6.07) is 30.6. The molecule has 0 aliphatic carbocycles. The van der Waals surface area contributed by atoms with E-state index in [2.05, 4.69) is 91.9 Å². The van der Waals surface area contributed by atoms with Crippen LogP contribution >= 0.6 is 0 Å². The van der Waals surface area contributed by atoms with Crippen molar-refractivity contribution in [2.45, 2.75) is 34.2 Å². The third-order valence-corrected chi connectivity index (χ3v) is 5.99. The lowest BCUT2D eigenvalue weighted by Gasteiger charge is -2.08. The minimum atomic E-state index is -5.19. The number of carboxylic acids is 1. The van der Waals surface area contributed by atoms with E-state index in [9.17, 15) is 13.2 Å². The summed E-state index contributed by atoms with van der Waals surface area (Å²) in [7, 11) is -0.0249. The van der Waals surface area contributed by atoms with Gasteiger partial charge in [-0.1, -0.05) is 55.5 Å². The first-order valence-electron chi connectivity index (χ1n) is 8.54. The first-order chi connectivity index (χ1) is 13.3. The molecule has 0 aliphatic rings. The van der Waals surface area contributed by atoms with Crippen LogP contribution in [-0.2, 0) is 22.1 Å². The van der Waals surface area contributed by atoms with Crippen LogP contribution in [0.15, 0.2) is 99.6 Å². The smallest absolute Gasteiger partial charge is 0.430 e. The molecule has 3 rings (SSSR count). The molecule has 2 nitrogen and oxygen atoms in total. The fourth-order valence-corrected chi connectivity index (χ4v) is 4.47. The van der Waals surface area contributed by atoms with Gasteiger partial charge in [-0.2, -0.15) is 13.2 Å². The van der Waals surface area contributed by atoms with Crippen LogP contribution in [0.2, 0.25) is 0 Å². The number of aryl methyl sites for hydroxylation is 1. The van der Waals surface area contributed by atoms with Crippen LogP contribution in [0.5, 0.6) is 0 Å². The number of benzene rings is 3. The van der Waals surface area contributed by atoms with E-state index in [1.165, 1.54) is 20.2 Å². The molecule has 0 N–H and O–H groups in total. The number of aliphatic carboxylic acids is 1. The van der Waals surface area contributed by atoms with Gasteiger partial charge in [-0.15, -0.1) is 0 Å². The van der Waals surface area contributed by atoms with E-state index in [0.717, 1.165) is 6.42 Å². The van der Waals surface area contributed by atoms with E-state index in [1.807, 2.05) is 0 Å². The molecule has 0 radical (unpaired) electrons. The van der Waals surface area contributed by atoms with E-state index in [1.54, 1.807) is 0 Å². The molecule has 0 atom stereocenters. The van der Waals surface area contributed by atoms with Crippen molar-refractivity contribution in [1.82, 2.24) is 0 Å². The zero-order valence-corrected chi connectivity index (χ0v) is 16.0. The first kappa shape index (κ1) is 21.6. The number of carbonyl (C=O) groups is 1. The molecule has 0 aliphatic heterocycles. The third-order valence-electron chi connectivity index (χ3n) is 3.76. The molecule has 0 bridgehead atoms. The normalized spacial score (nSPS) is 10.9. The van der Waals surface area contributed by atoms with Crippen molar-refractivity contribution in [1.29, 1.82) is 0 Å². The van der Waals surface area contributed by atoms with Crippen LogP contribution in [-0.4, -0.2) is 12.1 Å². The highest BCUT2D eigenvalue weighted by Crippen LogP contribution is 2.31. The van der Waals surface area contributed by atoms with E-state index in [0.29, 0.717) is 0 Å². The Morgan fingerprint density at radius 1 is 0.786 bits per heavy atom. The maximum absolute atomic E-state index is 10.5. The fourth-order valence-electron chi connectivity index (χ4n) is 2.38. The van der Waals surface area contributed by atoms with Crippen molar-refractivity contribution in [3.63, 3.8) is 0 Å². The van der Waals surface area contributed by atoms with Crippen molar-refractivity contribution in [3.05, 3.63) is 90.5 Å². The van der Waals surface area contributed by atoms with Crippen molar-refractivity contribution in [2.75, 3.05) is 0 Å². The van der Waals surface area contributed by atoms with Gasteiger partial charge in [0.1, 0.15) is 5.97 Å². The maximum Gasteiger partial charge on any atom is 0.430 e. The average Bonchev–Trinajstić information content (AvgIpc) is 2.70. The van der Waals surface area contributed by atoms with Crippen LogP contribution in [0.25, 0.3) is 0 Å². The lowest BCUT2D eigenvalue weighted by atomic mass is 10.2. The van der Waals surface area contributed by atoms with Crippen molar-refractivity contribution >= 4 is 16.9 Å². The highest BCUT2D eigenvalue weighted by molar-refractivity contribution is 7.97. The third kappa shape index (κ3) is 6.16. The highest BCUT2D eigenvalue weighted by Gasteiger charge is 2.29. The van der Waals surface area contributed by atoms with Crippen LogP contribution < -0.4 is 5.11 Å². The number of rotatable bonds is 4. The summed E-state index contributed by atoms with van der Waals surface area (Å²) in [6.07, 6.45) is -4.11. The molecule has 0 unspecified atom stereocenters. The van der Waals surface area contributed by atoms with Crippen molar-refractivity contribution < 1.29 is 23.1 Å². The Bertz CT molecular complexity index is 824. The van der Waals surface area contributed by atoms with Gasteiger partial charge in [0, 0.05) is 0 Å². The lowest BCUT2D eigenvalue weighted by molar-refractivity contribution is -0.344. The van der Waals surface area contributed by atoms with E-state index < -0.39 is 12.1 Å². The molecule has 0 saturated heterocycles. The summed E-state index contributed by atoms with van der Waals surface area (Å²) in [5, 5.41) is 8.78. The molecule has 0 heterocycles. The Hall–Kier alpha value is -2.73. The van der Waals surface area contributed by atoms with Crippen molar-refractivity contribution in [3.8, 4) is 0 Å². The molecule has 0 amide bonds. The quantitative estimate of drug-likeness (QED) is 0.594. The van der Waals surface area contributed by atoms with E-state index in [-0.39, 0.29) is 10.9 Å². The van der Waals surface area contributed by atoms with Gasteiger partial charge >= 0.3 is 6.18 Å². The summed E-state index contributed by atoms with van der Waals surface area (Å²) in [5.74, 6) is -3.01. The first-order valence-corrected chi connectivity index (χ1v) is 9.77.